The van der Waals surface area contributed by atoms with Crippen molar-refractivity contribution in [3.05, 3.63) is 12.1 Å². The lowest BCUT2D eigenvalue weighted by Gasteiger charge is -2.17. The van der Waals surface area contributed by atoms with Gasteiger partial charge in [-0.05, 0) is 31.4 Å². The van der Waals surface area contributed by atoms with Gasteiger partial charge in [0, 0.05) is 25.3 Å². The molecule has 0 aliphatic heterocycles. The molecular formula is C15H28N4. The summed E-state index contributed by atoms with van der Waals surface area (Å²) in [6, 6.07) is 4.19. The molecule has 0 aliphatic carbocycles. The van der Waals surface area contributed by atoms with Crippen molar-refractivity contribution in [3.63, 3.8) is 0 Å². The maximum Gasteiger partial charge on any atom is 0.0787 e. The van der Waals surface area contributed by atoms with Gasteiger partial charge in [-0.1, -0.05) is 20.8 Å². The highest BCUT2D eigenvalue weighted by Crippen LogP contribution is 2.32. The zero-order chi connectivity index (χ0) is 14.1. The third-order valence-corrected chi connectivity index (χ3v) is 2.89. The van der Waals surface area contributed by atoms with Gasteiger partial charge in [0.25, 0.3) is 0 Å². The van der Waals surface area contributed by atoms with Crippen molar-refractivity contribution in [1.29, 1.82) is 0 Å². The van der Waals surface area contributed by atoms with Crippen LogP contribution < -0.4 is 21.7 Å². The molecule has 0 amide bonds. The van der Waals surface area contributed by atoms with Crippen molar-refractivity contribution in [1.82, 2.24) is 0 Å². The van der Waals surface area contributed by atoms with E-state index in [0.29, 0.717) is 0 Å². The molecule has 0 heterocycles. The molecule has 0 bridgehead atoms. The summed E-state index contributed by atoms with van der Waals surface area (Å²) in [5.74, 6) is 0. The van der Waals surface area contributed by atoms with Gasteiger partial charge in [-0.15, -0.1) is 0 Å². The molecule has 19 heavy (non-hydrogen) atoms. The Morgan fingerprint density at radius 2 is 1.21 bits per heavy atom. The first kappa shape index (κ1) is 15.5. The Morgan fingerprint density at radius 1 is 0.789 bits per heavy atom. The molecular weight excluding hydrogens is 236 g/mol. The van der Waals surface area contributed by atoms with Gasteiger partial charge in [-0.3, -0.25) is 0 Å². The number of rotatable bonds is 9. The summed E-state index contributed by atoms with van der Waals surface area (Å²) in [5, 5.41) is 10.2. The zero-order valence-electron chi connectivity index (χ0n) is 12.5. The Kier molecular flexibility index (Phi) is 6.93. The Labute approximate surface area is 117 Å². The summed E-state index contributed by atoms with van der Waals surface area (Å²) in [7, 11) is 0. The monoisotopic (exact) mass is 264 g/mol. The van der Waals surface area contributed by atoms with Crippen LogP contribution in [0.25, 0.3) is 0 Å². The van der Waals surface area contributed by atoms with Gasteiger partial charge in [-0.25, -0.2) is 0 Å². The normalized spacial score (nSPS) is 10.3. The first-order valence-corrected chi connectivity index (χ1v) is 7.38. The van der Waals surface area contributed by atoms with E-state index >= 15 is 0 Å². The second-order valence-electron chi connectivity index (χ2n) is 4.77. The maximum atomic E-state index is 6.21. The molecule has 0 radical (unpaired) electrons. The number of hydrogen-bond acceptors (Lipinski definition) is 4. The number of nitrogen functional groups attached to an aromatic ring is 1. The first-order valence-electron chi connectivity index (χ1n) is 7.38. The van der Waals surface area contributed by atoms with E-state index in [1.54, 1.807) is 0 Å². The molecule has 1 aromatic rings. The zero-order valence-corrected chi connectivity index (χ0v) is 12.5. The van der Waals surface area contributed by atoms with Gasteiger partial charge in [0.1, 0.15) is 0 Å². The first-order chi connectivity index (χ1) is 9.22. The topological polar surface area (TPSA) is 62.1 Å². The molecule has 0 saturated carbocycles. The third kappa shape index (κ3) is 4.89. The van der Waals surface area contributed by atoms with Crippen molar-refractivity contribution in [2.75, 3.05) is 41.3 Å². The molecule has 0 unspecified atom stereocenters. The third-order valence-electron chi connectivity index (χ3n) is 2.89. The van der Waals surface area contributed by atoms with E-state index in [1.165, 1.54) is 0 Å². The van der Waals surface area contributed by atoms with Crippen LogP contribution >= 0.6 is 0 Å². The Morgan fingerprint density at radius 3 is 1.63 bits per heavy atom. The van der Waals surface area contributed by atoms with E-state index < -0.39 is 0 Å². The lowest BCUT2D eigenvalue weighted by molar-refractivity contribution is 0.969. The minimum Gasteiger partial charge on any atom is -0.395 e. The molecule has 0 aromatic heterocycles. The Balaban J connectivity index is 2.92. The van der Waals surface area contributed by atoms with Crippen LogP contribution in [0.3, 0.4) is 0 Å². The summed E-state index contributed by atoms with van der Waals surface area (Å²) in [6.45, 7) is 9.32. The van der Waals surface area contributed by atoms with Gasteiger partial charge in [0.05, 0.1) is 17.1 Å². The Bertz CT molecular complexity index is 347. The largest absolute Gasteiger partial charge is 0.395 e. The summed E-state index contributed by atoms with van der Waals surface area (Å²) in [5.41, 5.74) is 10.2. The van der Waals surface area contributed by atoms with Crippen LogP contribution in [-0.2, 0) is 0 Å². The van der Waals surface area contributed by atoms with Crippen LogP contribution in [0, 0.1) is 0 Å². The predicted octanol–water partition coefficient (Wildman–Crippen LogP) is 3.73. The summed E-state index contributed by atoms with van der Waals surface area (Å²) in [6.07, 6.45) is 3.29. The molecule has 0 saturated heterocycles. The van der Waals surface area contributed by atoms with Crippen LogP contribution in [0.2, 0.25) is 0 Å². The van der Waals surface area contributed by atoms with Gasteiger partial charge in [-0.2, -0.15) is 0 Å². The van der Waals surface area contributed by atoms with E-state index in [-0.39, 0.29) is 0 Å². The van der Waals surface area contributed by atoms with Crippen molar-refractivity contribution >= 4 is 22.7 Å². The predicted molar refractivity (Wildman–Crippen MR) is 87.2 cm³/mol. The van der Waals surface area contributed by atoms with E-state index in [9.17, 15) is 0 Å². The second-order valence-corrected chi connectivity index (χ2v) is 4.77. The minimum atomic E-state index is 0.809. The highest BCUT2D eigenvalue weighted by Gasteiger charge is 2.07. The van der Waals surface area contributed by atoms with Crippen LogP contribution in [-0.4, -0.2) is 19.6 Å². The summed E-state index contributed by atoms with van der Waals surface area (Å²) in [4.78, 5) is 0. The van der Waals surface area contributed by atoms with Crippen LogP contribution in [0.1, 0.15) is 40.0 Å². The van der Waals surface area contributed by atoms with Gasteiger partial charge in [0.15, 0.2) is 0 Å². The highest BCUT2D eigenvalue weighted by molar-refractivity contribution is 5.84. The number of anilines is 4. The lowest BCUT2D eigenvalue weighted by Crippen LogP contribution is -2.09. The fourth-order valence-corrected chi connectivity index (χ4v) is 1.84. The van der Waals surface area contributed by atoms with Gasteiger partial charge in [0.2, 0.25) is 0 Å². The summed E-state index contributed by atoms with van der Waals surface area (Å²) >= 11 is 0. The van der Waals surface area contributed by atoms with Gasteiger partial charge >= 0.3 is 0 Å². The molecule has 0 fully saturated rings. The highest BCUT2D eigenvalue weighted by atomic mass is 15.0. The standard InChI is InChI=1S/C15H28N4/c1-4-7-17-12-10-13(18-8-5-2)15(16)14(11-12)19-9-6-3/h10-11,17-19H,4-9,16H2,1-3H3. The molecule has 4 nitrogen and oxygen atoms in total. The number of benzene rings is 1. The average molecular weight is 264 g/mol. The maximum absolute atomic E-state index is 6.21. The van der Waals surface area contributed by atoms with E-state index in [1.807, 2.05) is 0 Å². The van der Waals surface area contributed by atoms with Crippen molar-refractivity contribution < 1.29 is 0 Å². The van der Waals surface area contributed by atoms with Crippen molar-refractivity contribution in [2.45, 2.75) is 40.0 Å². The quantitative estimate of drug-likeness (QED) is 0.513. The molecule has 1 aromatic carbocycles. The van der Waals surface area contributed by atoms with Crippen LogP contribution in [0.5, 0.6) is 0 Å². The van der Waals surface area contributed by atoms with Crippen LogP contribution in [0.4, 0.5) is 22.7 Å². The lowest BCUT2D eigenvalue weighted by atomic mass is 10.2. The molecule has 0 spiro atoms. The molecule has 4 heteroatoms. The second kappa shape index (κ2) is 8.51. The number of nitrogens with two attached hydrogens (primary N) is 1. The van der Waals surface area contributed by atoms with Crippen molar-refractivity contribution in [3.8, 4) is 0 Å². The average Bonchev–Trinajstić information content (AvgIpc) is 2.43. The molecule has 108 valence electrons. The van der Waals surface area contributed by atoms with Gasteiger partial charge < -0.3 is 21.7 Å². The number of hydrogen-bond donors (Lipinski definition) is 4. The summed E-state index contributed by atoms with van der Waals surface area (Å²) < 4.78 is 0. The molecule has 0 aliphatic rings. The van der Waals surface area contributed by atoms with E-state index in [4.69, 9.17) is 5.73 Å². The van der Waals surface area contributed by atoms with E-state index in [2.05, 4.69) is 48.9 Å². The Hall–Kier alpha value is -1.58. The fourth-order valence-electron chi connectivity index (χ4n) is 1.84. The van der Waals surface area contributed by atoms with E-state index in [0.717, 1.165) is 61.6 Å². The van der Waals surface area contributed by atoms with Crippen molar-refractivity contribution in [2.24, 2.45) is 0 Å². The smallest absolute Gasteiger partial charge is 0.0787 e. The molecule has 1 rings (SSSR count). The SMILES string of the molecule is CCCNc1cc(NCCC)c(N)c(NCCC)c1. The molecule has 5 N–H and O–H groups in total. The minimum absolute atomic E-state index is 0.809. The van der Waals surface area contributed by atoms with Crippen LogP contribution in [0.15, 0.2) is 12.1 Å². The number of nitrogens with one attached hydrogen (secondary N) is 3. The molecule has 0 atom stereocenters. The fraction of sp³-hybridized carbons (Fsp3) is 0.600.